The molecule has 0 aliphatic heterocycles. The van der Waals surface area contributed by atoms with E-state index in [1.165, 1.54) is 6.07 Å². The maximum Gasteiger partial charge on any atom is 0.151 e. The van der Waals surface area contributed by atoms with Gasteiger partial charge in [-0.2, -0.15) is 0 Å². The van der Waals surface area contributed by atoms with E-state index in [1.807, 2.05) is 10.6 Å². The van der Waals surface area contributed by atoms with Crippen molar-refractivity contribution in [2.24, 2.45) is 0 Å². The number of imidazole rings is 1. The second kappa shape index (κ2) is 7.04. The zero-order valence-electron chi connectivity index (χ0n) is 12.1. The highest BCUT2D eigenvalue weighted by Gasteiger charge is 2.13. The number of rotatable bonds is 7. The minimum atomic E-state index is -0.284. The summed E-state index contributed by atoms with van der Waals surface area (Å²) in [4.78, 5) is 6.70. The van der Waals surface area contributed by atoms with Crippen molar-refractivity contribution in [1.82, 2.24) is 14.5 Å². The average Bonchev–Trinajstić information content (AvgIpc) is 2.83. The molecule has 5 heteroatoms. The van der Waals surface area contributed by atoms with Gasteiger partial charge < -0.3 is 9.47 Å². The molecule has 1 aromatic heterocycles. The first kappa shape index (κ1) is 15.3. The molecule has 0 radical (unpaired) electrons. The number of para-hydroxylation sites is 1. The molecule has 0 fully saturated rings. The number of benzene rings is 1. The van der Waals surface area contributed by atoms with Crippen LogP contribution in [0.25, 0.3) is 11.0 Å². The molecule has 2 aromatic rings. The van der Waals surface area contributed by atoms with Crippen LogP contribution in [-0.4, -0.2) is 34.1 Å². The van der Waals surface area contributed by atoms with Crippen molar-refractivity contribution in [2.75, 3.05) is 19.6 Å². The summed E-state index contributed by atoms with van der Waals surface area (Å²) in [6.45, 7) is 8.14. The summed E-state index contributed by atoms with van der Waals surface area (Å²) in [5.74, 6) is 0.751. The van der Waals surface area contributed by atoms with E-state index in [4.69, 9.17) is 11.6 Å². The van der Waals surface area contributed by atoms with Gasteiger partial charge in [-0.1, -0.05) is 19.9 Å². The van der Waals surface area contributed by atoms with Gasteiger partial charge >= 0.3 is 0 Å². The molecular weight excluding hydrogens is 277 g/mol. The third-order valence-corrected chi connectivity index (χ3v) is 3.79. The van der Waals surface area contributed by atoms with Crippen molar-refractivity contribution in [1.29, 1.82) is 0 Å². The first-order valence-corrected chi connectivity index (χ1v) is 7.66. The fourth-order valence-corrected chi connectivity index (χ4v) is 2.70. The van der Waals surface area contributed by atoms with E-state index in [9.17, 15) is 4.39 Å². The lowest BCUT2D eigenvalue weighted by atomic mass is 10.3. The van der Waals surface area contributed by atoms with Gasteiger partial charge in [-0.15, -0.1) is 11.6 Å². The first-order chi connectivity index (χ1) is 9.71. The Morgan fingerprint density at radius 3 is 2.75 bits per heavy atom. The standard InChI is InChI=1S/C15H21ClFN3/c1-3-8-19(4-2)9-10-20-13-7-5-6-12(17)15(13)18-14(20)11-16/h5-7H,3-4,8-11H2,1-2H3. The van der Waals surface area contributed by atoms with Gasteiger partial charge in [0.05, 0.1) is 11.4 Å². The van der Waals surface area contributed by atoms with Crippen LogP contribution >= 0.6 is 11.6 Å². The summed E-state index contributed by atoms with van der Waals surface area (Å²) >= 11 is 5.95. The van der Waals surface area contributed by atoms with Crippen molar-refractivity contribution in [3.63, 3.8) is 0 Å². The smallest absolute Gasteiger partial charge is 0.151 e. The summed E-state index contributed by atoms with van der Waals surface area (Å²) in [6.07, 6.45) is 1.13. The Morgan fingerprint density at radius 2 is 2.10 bits per heavy atom. The summed E-state index contributed by atoms with van der Waals surface area (Å²) < 4.78 is 15.8. The Hall–Kier alpha value is -1.13. The monoisotopic (exact) mass is 297 g/mol. The molecule has 1 heterocycles. The Bertz CT molecular complexity index is 567. The zero-order valence-corrected chi connectivity index (χ0v) is 12.8. The van der Waals surface area contributed by atoms with Crippen LogP contribution in [0.15, 0.2) is 18.2 Å². The third-order valence-electron chi connectivity index (χ3n) is 3.56. The van der Waals surface area contributed by atoms with Crippen LogP contribution < -0.4 is 0 Å². The number of hydrogen-bond acceptors (Lipinski definition) is 2. The predicted octanol–water partition coefficient (Wildman–Crippen LogP) is 3.65. The summed E-state index contributed by atoms with van der Waals surface area (Å²) in [5, 5.41) is 0. The SMILES string of the molecule is CCCN(CC)CCn1c(CCl)nc2c(F)cccc21. The van der Waals surface area contributed by atoms with Crippen molar-refractivity contribution in [3.05, 3.63) is 29.8 Å². The molecule has 0 aliphatic rings. The second-order valence-corrected chi connectivity index (χ2v) is 5.12. The normalized spacial score (nSPS) is 11.7. The van der Waals surface area contributed by atoms with Gasteiger partial charge in [-0.3, -0.25) is 0 Å². The van der Waals surface area contributed by atoms with Gasteiger partial charge in [0.1, 0.15) is 11.3 Å². The molecule has 0 unspecified atom stereocenters. The molecule has 0 aliphatic carbocycles. The van der Waals surface area contributed by atoms with Gasteiger partial charge in [0.15, 0.2) is 5.82 Å². The molecule has 0 N–H and O–H groups in total. The van der Waals surface area contributed by atoms with E-state index in [-0.39, 0.29) is 5.82 Å². The number of alkyl halides is 1. The predicted molar refractivity (Wildman–Crippen MR) is 81.7 cm³/mol. The zero-order chi connectivity index (χ0) is 14.5. The molecule has 0 bridgehead atoms. The number of halogens is 2. The fourth-order valence-electron chi connectivity index (χ4n) is 2.50. The van der Waals surface area contributed by atoms with Crippen molar-refractivity contribution in [2.45, 2.75) is 32.7 Å². The molecule has 110 valence electrons. The highest BCUT2D eigenvalue weighted by molar-refractivity contribution is 6.16. The first-order valence-electron chi connectivity index (χ1n) is 7.13. The highest BCUT2D eigenvalue weighted by atomic mass is 35.5. The molecule has 20 heavy (non-hydrogen) atoms. The number of nitrogens with zero attached hydrogens (tertiary/aromatic N) is 3. The maximum atomic E-state index is 13.8. The van der Waals surface area contributed by atoms with Crippen LogP contribution in [-0.2, 0) is 12.4 Å². The molecule has 0 saturated heterocycles. The van der Waals surface area contributed by atoms with Crippen LogP contribution in [0.1, 0.15) is 26.1 Å². The largest absolute Gasteiger partial charge is 0.326 e. The number of aromatic nitrogens is 2. The van der Waals surface area contributed by atoms with Gasteiger partial charge in [0.2, 0.25) is 0 Å². The van der Waals surface area contributed by atoms with Crippen molar-refractivity contribution < 1.29 is 4.39 Å². The van der Waals surface area contributed by atoms with E-state index in [0.717, 1.165) is 43.9 Å². The van der Waals surface area contributed by atoms with E-state index in [1.54, 1.807) is 6.07 Å². The van der Waals surface area contributed by atoms with Crippen LogP contribution in [0.5, 0.6) is 0 Å². The van der Waals surface area contributed by atoms with Gasteiger partial charge in [0, 0.05) is 13.1 Å². The quantitative estimate of drug-likeness (QED) is 0.728. The molecule has 2 rings (SSSR count). The molecule has 3 nitrogen and oxygen atoms in total. The summed E-state index contributed by atoms with van der Waals surface area (Å²) in [5.41, 5.74) is 1.25. The van der Waals surface area contributed by atoms with E-state index >= 15 is 0 Å². The molecule has 0 atom stereocenters. The van der Waals surface area contributed by atoms with E-state index < -0.39 is 0 Å². The van der Waals surface area contributed by atoms with E-state index in [0.29, 0.717) is 11.4 Å². The minimum absolute atomic E-state index is 0.284. The maximum absolute atomic E-state index is 13.8. The lowest BCUT2D eigenvalue weighted by molar-refractivity contribution is 0.277. The van der Waals surface area contributed by atoms with Crippen LogP contribution in [0.2, 0.25) is 0 Å². The average molecular weight is 298 g/mol. The molecule has 0 amide bonds. The topological polar surface area (TPSA) is 21.1 Å². The van der Waals surface area contributed by atoms with Gasteiger partial charge in [0.25, 0.3) is 0 Å². The van der Waals surface area contributed by atoms with Crippen molar-refractivity contribution >= 4 is 22.6 Å². The Balaban J connectivity index is 2.26. The van der Waals surface area contributed by atoms with Gasteiger partial charge in [-0.25, -0.2) is 9.37 Å². The Labute approximate surface area is 124 Å². The molecule has 1 aromatic carbocycles. The lowest BCUT2D eigenvalue weighted by Crippen LogP contribution is -2.28. The van der Waals surface area contributed by atoms with E-state index in [2.05, 4.69) is 23.7 Å². The second-order valence-electron chi connectivity index (χ2n) is 4.86. The fraction of sp³-hybridized carbons (Fsp3) is 0.533. The van der Waals surface area contributed by atoms with Gasteiger partial charge in [-0.05, 0) is 31.6 Å². The lowest BCUT2D eigenvalue weighted by Gasteiger charge is -2.20. The minimum Gasteiger partial charge on any atom is -0.326 e. The van der Waals surface area contributed by atoms with Crippen molar-refractivity contribution in [3.8, 4) is 0 Å². The highest BCUT2D eigenvalue weighted by Crippen LogP contribution is 2.20. The number of hydrogen-bond donors (Lipinski definition) is 0. The summed E-state index contributed by atoms with van der Waals surface area (Å²) in [6, 6.07) is 5.06. The number of fused-ring (bicyclic) bond motifs is 1. The number of likely N-dealkylation sites (N-methyl/N-ethyl adjacent to an activating group) is 1. The van der Waals surface area contributed by atoms with Crippen LogP contribution in [0.4, 0.5) is 4.39 Å². The van der Waals surface area contributed by atoms with Crippen LogP contribution in [0, 0.1) is 5.82 Å². The third kappa shape index (κ3) is 3.13. The molecular formula is C15H21ClFN3. The van der Waals surface area contributed by atoms with Crippen LogP contribution in [0.3, 0.4) is 0 Å². The molecule has 0 spiro atoms. The molecule has 0 saturated carbocycles. The Morgan fingerprint density at radius 1 is 1.30 bits per heavy atom. The Kier molecular flexibility index (Phi) is 5.38. The summed E-state index contributed by atoms with van der Waals surface area (Å²) in [7, 11) is 0.